The molecule has 1 saturated heterocycles. The number of amides is 4. The number of aromatic amines is 1. The third-order valence-electron chi connectivity index (χ3n) is 8.18. The highest BCUT2D eigenvalue weighted by atomic mass is 16.5. The lowest BCUT2D eigenvalue weighted by atomic mass is 9.89. The quantitative estimate of drug-likeness (QED) is 0.254. The first-order chi connectivity index (χ1) is 20.7. The summed E-state index contributed by atoms with van der Waals surface area (Å²) in [5.41, 5.74) is 3.66. The number of aliphatic carboxylic acids is 1. The maximum atomic E-state index is 14.3. The number of rotatable bonds is 8. The Morgan fingerprint density at radius 3 is 2.42 bits per heavy atom. The van der Waals surface area contributed by atoms with Gasteiger partial charge in [-0.3, -0.25) is 14.5 Å². The molecule has 0 unspecified atom stereocenters. The van der Waals surface area contributed by atoms with Crippen LogP contribution in [0, 0.1) is 5.92 Å². The molecule has 0 bridgehead atoms. The number of hydrogen-bond acceptors (Lipinski definition) is 5. The maximum Gasteiger partial charge on any atom is 0.332 e. The van der Waals surface area contributed by atoms with Crippen molar-refractivity contribution in [1.29, 1.82) is 0 Å². The second-order valence-electron chi connectivity index (χ2n) is 11.3. The number of imide groups is 1. The van der Waals surface area contributed by atoms with Gasteiger partial charge in [0.25, 0.3) is 11.8 Å². The van der Waals surface area contributed by atoms with Crippen LogP contribution in [0.2, 0.25) is 0 Å². The van der Waals surface area contributed by atoms with Crippen LogP contribution in [-0.4, -0.2) is 58.0 Å². The fourth-order valence-electron chi connectivity index (χ4n) is 6.22. The van der Waals surface area contributed by atoms with E-state index in [2.05, 4.69) is 10.3 Å². The van der Waals surface area contributed by atoms with Gasteiger partial charge in [-0.15, -0.1) is 0 Å². The van der Waals surface area contributed by atoms with Crippen molar-refractivity contribution in [2.45, 2.75) is 44.8 Å². The fourth-order valence-corrected chi connectivity index (χ4v) is 6.22. The predicted molar refractivity (Wildman–Crippen MR) is 160 cm³/mol. The summed E-state index contributed by atoms with van der Waals surface area (Å²) in [5, 5.41) is 13.2. The molecule has 0 spiro atoms. The number of methoxy groups -OCH3 is 1. The number of nitrogens with zero attached hydrogens (tertiary/aromatic N) is 2. The summed E-state index contributed by atoms with van der Waals surface area (Å²) in [6.45, 7) is 3.73. The van der Waals surface area contributed by atoms with Gasteiger partial charge >= 0.3 is 12.0 Å². The molecule has 1 fully saturated rings. The Kier molecular flexibility index (Phi) is 7.13. The Bertz CT molecular complexity index is 1740. The molecule has 3 atom stereocenters. The first-order valence-corrected chi connectivity index (χ1v) is 14.2. The van der Waals surface area contributed by atoms with Crippen LogP contribution >= 0.6 is 0 Å². The van der Waals surface area contributed by atoms with Gasteiger partial charge in [-0.2, -0.15) is 0 Å². The zero-order valence-electron chi connectivity index (χ0n) is 24.0. The summed E-state index contributed by atoms with van der Waals surface area (Å²) in [4.78, 5) is 59.9. The zero-order chi connectivity index (χ0) is 30.4. The molecule has 220 valence electrons. The molecule has 1 aromatic heterocycles. The number of carboxylic acids is 1. The van der Waals surface area contributed by atoms with E-state index in [1.165, 1.54) is 6.07 Å². The van der Waals surface area contributed by atoms with E-state index in [1.807, 2.05) is 62.4 Å². The Morgan fingerprint density at radius 2 is 1.72 bits per heavy atom. The minimum Gasteiger partial charge on any atom is -0.497 e. The van der Waals surface area contributed by atoms with Crippen molar-refractivity contribution in [2.75, 3.05) is 12.0 Å². The van der Waals surface area contributed by atoms with Crippen LogP contribution in [0.15, 0.2) is 72.8 Å². The van der Waals surface area contributed by atoms with Crippen molar-refractivity contribution < 1.29 is 29.0 Å². The van der Waals surface area contributed by atoms with Crippen LogP contribution in [0.25, 0.3) is 10.9 Å². The van der Waals surface area contributed by atoms with Crippen molar-refractivity contribution in [2.24, 2.45) is 5.92 Å². The molecule has 3 heterocycles. The predicted octanol–water partition coefficient (Wildman–Crippen LogP) is 4.89. The van der Waals surface area contributed by atoms with E-state index >= 15 is 0 Å². The highest BCUT2D eigenvalue weighted by molar-refractivity contribution is 6.24. The van der Waals surface area contributed by atoms with Crippen LogP contribution < -0.4 is 15.0 Å². The molecule has 4 amide bonds. The molecule has 2 aliphatic rings. The number of ether oxygens (including phenoxy) is 1. The molecule has 10 heteroatoms. The second kappa shape index (κ2) is 10.9. The SMILES string of the molecule is COc1ccc([C@@H]2c3[nH]c4ccccc4c3C[C@H]3C(=O)N(c4ccccc4C(=O)N[C@@H](CC(C)C)C(=O)O)C(=O)N23)cc1. The average molecular weight is 581 g/mol. The van der Waals surface area contributed by atoms with E-state index in [9.17, 15) is 24.3 Å². The normalized spacial score (nSPS) is 18.5. The molecule has 0 saturated carbocycles. The van der Waals surface area contributed by atoms with Crippen molar-refractivity contribution in [3.05, 3.63) is 95.2 Å². The van der Waals surface area contributed by atoms with Gasteiger partial charge in [0.1, 0.15) is 23.9 Å². The minimum absolute atomic E-state index is 0.0254. The van der Waals surface area contributed by atoms with E-state index < -0.39 is 41.9 Å². The van der Waals surface area contributed by atoms with Crippen LogP contribution in [0.4, 0.5) is 10.5 Å². The minimum atomic E-state index is -1.15. The smallest absolute Gasteiger partial charge is 0.332 e. The molecule has 0 aliphatic carbocycles. The highest BCUT2D eigenvalue weighted by Crippen LogP contribution is 2.45. The van der Waals surface area contributed by atoms with E-state index in [0.29, 0.717) is 12.2 Å². The summed E-state index contributed by atoms with van der Waals surface area (Å²) in [6.07, 6.45) is 0.535. The lowest BCUT2D eigenvalue weighted by molar-refractivity contribution is -0.139. The molecular weight excluding hydrogens is 548 g/mol. The zero-order valence-corrected chi connectivity index (χ0v) is 24.0. The topological polar surface area (TPSA) is 132 Å². The fraction of sp³-hybridized carbons (Fsp3) is 0.273. The number of anilines is 1. The summed E-state index contributed by atoms with van der Waals surface area (Å²) in [7, 11) is 1.58. The van der Waals surface area contributed by atoms with Crippen molar-refractivity contribution >= 4 is 40.4 Å². The molecule has 6 rings (SSSR count). The number of carboxylic acid groups (broad SMARTS) is 1. The van der Waals surface area contributed by atoms with E-state index in [-0.39, 0.29) is 23.6 Å². The molecule has 3 aromatic carbocycles. The Balaban J connectivity index is 1.42. The molecular formula is C33H32N4O6. The van der Waals surface area contributed by atoms with E-state index in [0.717, 1.165) is 32.6 Å². The molecule has 3 N–H and O–H groups in total. The summed E-state index contributed by atoms with van der Waals surface area (Å²) < 4.78 is 5.35. The van der Waals surface area contributed by atoms with Gasteiger partial charge in [0.2, 0.25) is 0 Å². The van der Waals surface area contributed by atoms with E-state index in [4.69, 9.17) is 4.74 Å². The van der Waals surface area contributed by atoms with Crippen molar-refractivity contribution in [3.8, 4) is 5.75 Å². The van der Waals surface area contributed by atoms with Crippen LogP contribution in [0.3, 0.4) is 0 Å². The summed E-state index contributed by atoms with van der Waals surface area (Å²) in [6, 6.07) is 18.4. The average Bonchev–Trinajstić information content (AvgIpc) is 3.49. The second-order valence-corrected chi connectivity index (χ2v) is 11.3. The Morgan fingerprint density at radius 1 is 1.02 bits per heavy atom. The van der Waals surface area contributed by atoms with Gasteiger partial charge in [-0.05, 0) is 53.8 Å². The number of para-hydroxylation sites is 2. The third kappa shape index (κ3) is 4.78. The Hall–Kier alpha value is -5.12. The number of hydrogen-bond donors (Lipinski definition) is 3. The first kappa shape index (κ1) is 28.0. The lowest BCUT2D eigenvalue weighted by Crippen LogP contribution is -2.44. The number of H-pyrrole nitrogens is 1. The van der Waals surface area contributed by atoms with Gasteiger partial charge < -0.3 is 20.1 Å². The monoisotopic (exact) mass is 580 g/mol. The molecule has 4 aromatic rings. The molecule has 2 aliphatic heterocycles. The number of benzene rings is 3. The third-order valence-corrected chi connectivity index (χ3v) is 8.18. The highest BCUT2D eigenvalue weighted by Gasteiger charge is 2.53. The van der Waals surface area contributed by atoms with Gasteiger partial charge in [0, 0.05) is 23.0 Å². The molecule has 0 radical (unpaired) electrons. The summed E-state index contributed by atoms with van der Waals surface area (Å²) >= 11 is 0. The summed E-state index contributed by atoms with van der Waals surface area (Å²) in [5.74, 6) is -1.58. The van der Waals surface area contributed by atoms with Gasteiger partial charge in [0.15, 0.2) is 0 Å². The van der Waals surface area contributed by atoms with Gasteiger partial charge in [0.05, 0.1) is 18.4 Å². The number of urea groups is 1. The largest absolute Gasteiger partial charge is 0.497 e. The number of nitrogens with one attached hydrogen (secondary N) is 2. The Labute approximate surface area is 248 Å². The van der Waals surface area contributed by atoms with Crippen LogP contribution in [-0.2, 0) is 16.0 Å². The number of carbonyl (C=O) groups is 4. The standard InChI is InChI=1S/C33H32N4O6/c1-18(2)16-25(32(40)41)35-30(38)22-9-5-7-11-26(22)37-31(39)27-17-23-21-8-4-6-10-24(21)34-28(23)29(36(27)33(37)42)19-12-14-20(43-3)15-13-19/h4-15,18,25,27,29,34H,16-17H2,1-3H3,(H,35,38)(H,40,41)/t25-,27-,29+/m0/s1. The van der Waals surface area contributed by atoms with Gasteiger partial charge in [-0.25, -0.2) is 14.5 Å². The van der Waals surface area contributed by atoms with Crippen molar-refractivity contribution in [1.82, 2.24) is 15.2 Å². The molecule has 43 heavy (non-hydrogen) atoms. The number of fused-ring (bicyclic) bond motifs is 4. The van der Waals surface area contributed by atoms with Crippen LogP contribution in [0.1, 0.15) is 53.5 Å². The maximum absolute atomic E-state index is 14.3. The lowest BCUT2D eigenvalue weighted by Gasteiger charge is -2.36. The van der Waals surface area contributed by atoms with Crippen LogP contribution in [0.5, 0.6) is 5.75 Å². The van der Waals surface area contributed by atoms with E-state index in [1.54, 1.807) is 30.2 Å². The van der Waals surface area contributed by atoms with Gasteiger partial charge in [-0.1, -0.05) is 56.3 Å². The first-order valence-electron chi connectivity index (χ1n) is 14.2. The molecule has 10 nitrogen and oxygen atoms in total. The van der Waals surface area contributed by atoms with Crippen molar-refractivity contribution in [3.63, 3.8) is 0 Å². The number of aromatic nitrogens is 1. The number of carbonyl (C=O) groups excluding carboxylic acids is 3.